The highest BCUT2D eigenvalue weighted by atomic mass is 16.3. The van der Waals surface area contributed by atoms with Crippen molar-refractivity contribution in [3.05, 3.63) is 47.6 Å². The predicted molar refractivity (Wildman–Crippen MR) is 125 cm³/mol. The number of rotatable bonds is 6. The van der Waals surface area contributed by atoms with Crippen molar-refractivity contribution < 1.29 is 20.4 Å². The molecule has 0 aromatic heterocycles. The summed E-state index contributed by atoms with van der Waals surface area (Å²) in [5, 5.41) is 39.5. The van der Waals surface area contributed by atoms with Crippen molar-refractivity contribution in [3.8, 4) is 0 Å². The third-order valence-corrected chi connectivity index (χ3v) is 8.27. The van der Waals surface area contributed by atoms with Crippen LogP contribution >= 0.6 is 0 Å². The Balaban J connectivity index is 1.73. The third-order valence-electron chi connectivity index (χ3n) is 8.27. The van der Waals surface area contributed by atoms with Crippen molar-refractivity contribution in [2.45, 2.75) is 89.9 Å². The average molecular weight is 431 g/mol. The van der Waals surface area contributed by atoms with E-state index in [1.54, 1.807) is 6.92 Å². The summed E-state index contributed by atoms with van der Waals surface area (Å²) in [6, 6.07) is 0. The van der Waals surface area contributed by atoms with Gasteiger partial charge < -0.3 is 20.4 Å². The molecule has 0 amide bonds. The van der Waals surface area contributed by atoms with Crippen LogP contribution in [0.15, 0.2) is 47.6 Å². The number of fused-ring (bicyclic) bond motifs is 1. The molecule has 31 heavy (non-hydrogen) atoms. The molecule has 0 heterocycles. The minimum absolute atomic E-state index is 0.223. The molecule has 4 heteroatoms. The molecule has 0 saturated heterocycles. The molecule has 3 fully saturated rings. The van der Waals surface area contributed by atoms with Gasteiger partial charge in [-0.3, -0.25) is 0 Å². The van der Waals surface area contributed by atoms with E-state index >= 15 is 0 Å². The highest BCUT2D eigenvalue weighted by Gasteiger charge is 2.50. The van der Waals surface area contributed by atoms with Crippen molar-refractivity contribution >= 4 is 0 Å². The summed E-state index contributed by atoms with van der Waals surface area (Å²) in [5.74, 6) is 1.62. The molecule has 0 aromatic carbocycles. The Labute approximate surface area is 188 Å². The standard InChI is InChI=1S/C27H42O4/c1-18(7-5-13-26(3,31)17-28)23-11-12-24-20(8-6-14-27(23,24)4)9-10-21-15-22(29)16-25(30)19(21)2/h5,7,9-10,18,22-25,28-31H,2,6,8,11-17H2,1,3-4H3/b7-5+,20-9-,21-10-. The van der Waals surface area contributed by atoms with E-state index in [0.29, 0.717) is 37.0 Å². The van der Waals surface area contributed by atoms with Crippen LogP contribution < -0.4 is 0 Å². The Hall–Kier alpha value is -1.20. The van der Waals surface area contributed by atoms with Gasteiger partial charge in [0.25, 0.3) is 0 Å². The lowest BCUT2D eigenvalue weighted by Gasteiger charge is -2.44. The summed E-state index contributed by atoms with van der Waals surface area (Å²) >= 11 is 0. The van der Waals surface area contributed by atoms with E-state index in [-0.39, 0.29) is 12.0 Å². The van der Waals surface area contributed by atoms with Crippen molar-refractivity contribution in [3.63, 3.8) is 0 Å². The quantitative estimate of drug-likeness (QED) is 0.469. The van der Waals surface area contributed by atoms with Gasteiger partial charge in [0.2, 0.25) is 0 Å². The summed E-state index contributed by atoms with van der Waals surface area (Å²) in [6.45, 7) is 10.2. The molecule has 3 aliphatic rings. The van der Waals surface area contributed by atoms with Crippen LogP contribution in [0.4, 0.5) is 0 Å². The van der Waals surface area contributed by atoms with Gasteiger partial charge in [-0.05, 0) is 86.2 Å². The summed E-state index contributed by atoms with van der Waals surface area (Å²) in [7, 11) is 0. The zero-order valence-electron chi connectivity index (χ0n) is 19.6. The summed E-state index contributed by atoms with van der Waals surface area (Å²) in [4.78, 5) is 0. The van der Waals surface area contributed by atoms with Crippen LogP contribution in [0.5, 0.6) is 0 Å². The highest BCUT2D eigenvalue weighted by molar-refractivity contribution is 5.38. The smallest absolute Gasteiger partial charge is 0.0883 e. The van der Waals surface area contributed by atoms with E-state index in [1.165, 1.54) is 31.3 Å². The molecule has 3 aliphatic carbocycles. The molecule has 7 atom stereocenters. The van der Waals surface area contributed by atoms with Gasteiger partial charge in [-0.1, -0.05) is 50.3 Å². The van der Waals surface area contributed by atoms with Gasteiger partial charge in [-0.2, -0.15) is 0 Å². The van der Waals surface area contributed by atoms with E-state index in [9.17, 15) is 20.4 Å². The number of allylic oxidation sites excluding steroid dienone is 4. The van der Waals surface area contributed by atoms with Crippen LogP contribution in [0, 0.1) is 23.2 Å². The maximum absolute atomic E-state index is 10.1. The Morgan fingerprint density at radius 2 is 2.00 bits per heavy atom. The van der Waals surface area contributed by atoms with Gasteiger partial charge in [-0.25, -0.2) is 0 Å². The molecule has 4 N–H and O–H groups in total. The van der Waals surface area contributed by atoms with E-state index in [4.69, 9.17) is 0 Å². The zero-order chi connectivity index (χ0) is 22.8. The number of hydrogen-bond donors (Lipinski definition) is 4. The Kier molecular flexibility index (Phi) is 7.68. The predicted octanol–water partition coefficient (Wildman–Crippen LogP) is 4.45. The van der Waals surface area contributed by atoms with Crippen LogP contribution in [-0.4, -0.2) is 44.8 Å². The van der Waals surface area contributed by atoms with E-state index in [0.717, 1.165) is 17.6 Å². The van der Waals surface area contributed by atoms with E-state index in [1.807, 2.05) is 6.08 Å². The number of aliphatic hydroxyl groups excluding tert-OH is 3. The molecule has 0 bridgehead atoms. The van der Waals surface area contributed by atoms with Crippen molar-refractivity contribution in [2.24, 2.45) is 23.2 Å². The lowest BCUT2D eigenvalue weighted by Crippen LogP contribution is -2.35. The van der Waals surface area contributed by atoms with Crippen LogP contribution in [0.2, 0.25) is 0 Å². The topological polar surface area (TPSA) is 80.9 Å². The first-order valence-electron chi connectivity index (χ1n) is 12.0. The lowest BCUT2D eigenvalue weighted by atomic mass is 9.61. The fourth-order valence-electron chi connectivity index (χ4n) is 6.34. The Morgan fingerprint density at radius 1 is 1.26 bits per heavy atom. The maximum atomic E-state index is 10.1. The summed E-state index contributed by atoms with van der Waals surface area (Å²) in [6.07, 6.45) is 14.9. The van der Waals surface area contributed by atoms with Crippen LogP contribution in [0.3, 0.4) is 0 Å². The van der Waals surface area contributed by atoms with Gasteiger partial charge in [0.05, 0.1) is 24.4 Å². The molecular weight excluding hydrogens is 388 g/mol. The lowest BCUT2D eigenvalue weighted by molar-refractivity contribution is 0.00435. The van der Waals surface area contributed by atoms with Gasteiger partial charge in [0.15, 0.2) is 0 Å². The van der Waals surface area contributed by atoms with Crippen LogP contribution in [0.1, 0.15) is 72.1 Å². The second kappa shape index (κ2) is 9.74. The first kappa shape index (κ1) is 24.4. The second-order valence-corrected chi connectivity index (χ2v) is 10.8. The molecule has 0 radical (unpaired) electrons. The minimum atomic E-state index is -1.04. The van der Waals surface area contributed by atoms with E-state index < -0.39 is 17.8 Å². The van der Waals surface area contributed by atoms with Crippen molar-refractivity contribution in [1.82, 2.24) is 0 Å². The Morgan fingerprint density at radius 3 is 2.71 bits per heavy atom. The normalized spacial score (nSPS) is 39.8. The second-order valence-electron chi connectivity index (χ2n) is 10.8. The first-order valence-corrected chi connectivity index (χ1v) is 12.0. The monoisotopic (exact) mass is 430 g/mol. The van der Waals surface area contributed by atoms with Crippen molar-refractivity contribution in [2.75, 3.05) is 6.61 Å². The molecular formula is C27H42O4. The molecule has 3 rings (SSSR count). The van der Waals surface area contributed by atoms with Crippen LogP contribution in [-0.2, 0) is 0 Å². The van der Waals surface area contributed by atoms with Gasteiger partial charge in [0.1, 0.15) is 0 Å². The molecule has 0 aromatic rings. The third kappa shape index (κ3) is 5.42. The summed E-state index contributed by atoms with van der Waals surface area (Å²) < 4.78 is 0. The van der Waals surface area contributed by atoms with Crippen LogP contribution in [0.25, 0.3) is 0 Å². The number of aliphatic hydroxyl groups is 4. The molecule has 0 aliphatic heterocycles. The fraction of sp³-hybridized carbons (Fsp3) is 0.704. The van der Waals surface area contributed by atoms with Gasteiger partial charge in [0, 0.05) is 6.42 Å². The zero-order valence-corrected chi connectivity index (χ0v) is 19.6. The average Bonchev–Trinajstić information content (AvgIpc) is 3.07. The highest BCUT2D eigenvalue weighted by Crippen LogP contribution is 2.59. The molecule has 3 saturated carbocycles. The number of hydrogen-bond acceptors (Lipinski definition) is 4. The van der Waals surface area contributed by atoms with E-state index in [2.05, 4.69) is 38.7 Å². The fourth-order valence-corrected chi connectivity index (χ4v) is 6.34. The molecule has 4 nitrogen and oxygen atoms in total. The van der Waals surface area contributed by atoms with Gasteiger partial charge >= 0.3 is 0 Å². The molecule has 0 spiro atoms. The largest absolute Gasteiger partial charge is 0.393 e. The SMILES string of the molecule is C=C1/C(=C\C=C2\CCCC3(C)C2CCC3C(C)/C=C/CC(C)(O)CO)CC(O)CC1O. The summed E-state index contributed by atoms with van der Waals surface area (Å²) in [5.41, 5.74) is 2.46. The maximum Gasteiger partial charge on any atom is 0.0883 e. The van der Waals surface area contributed by atoms with Gasteiger partial charge in [-0.15, -0.1) is 0 Å². The molecule has 174 valence electrons. The molecule has 7 unspecified atom stereocenters. The van der Waals surface area contributed by atoms with Crippen molar-refractivity contribution in [1.29, 1.82) is 0 Å². The Bertz CT molecular complexity index is 746. The first-order chi connectivity index (χ1) is 14.6. The minimum Gasteiger partial charge on any atom is -0.393 e.